The van der Waals surface area contributed by atoms with Gasteiger partial charge in [-0.15, -0.1) is 0 Å². The van der Waals surface area contributed by atoms with Crippen molar-refractivity contribution in [2.75, 3.05) is 23.4 Å². The molecule has 1 fully saturated rings. The number of amides is 3. The SMILES string of the molecule is CC(C)CC(CO)NC(=O)Nc1cccc(N2CCCC2=O)c1. The quantitative estimate of drug-likeness (QED) is 0.753. The van der Waals surface area contributed by atoms with Crippen molar-refractivity contribution < 1.29 is 14.7 Å². The molecule has 6 heteroatoms. The number of benzene rings is 1. The normalized spacial score (nSPS) is 15.8. The number of aliphatic hydroxyl groups excluding tert-OH is 1. The largest absolute Gasteiger partial charge is 0.394 e. The van der Waals surface area contributed by atoms with E-state index in [1.54, 1.807) is 17.0 Å². The number of carbonyl (C=O) groups excluding carboxylic acids is 2. The number of nitrogens with zero attached hydrogens (tertiary/aromatic N) is 1. The van der Waals surface area contributed by atoms with Crippen molar-refractivity contribution in [3.63, 3.8) is 0 Å². The van der Waals surface area contributed by atoms with Crippen LogP contribution < -0.4 is 15.5 Å². The molecular formula is C17H25N3O3. The van der Waals surface area contributed by atoms with Gasteiger partial charge in [0.2, 0.25) is 5.91 Å². The Balaban J connectivity index is 1.97. The van der Waals surface area contributed by atoms with E-state index in [4.69, 9.17) is 0 Å². The van der Waals surface area contributed by atoms with Gasteiger partial charge in [0.25, 0.3) is 0 Å². The molecule has 1 saturated heterocycles. The monoisotopic (exact) mass is 319 g/mol. The van der Waals surface area contributed by atoms with E-state index in [0.717, 1.165) is 18.7 Å². The van der Waals surface area contributed by atoms with Gasteiger partial charge in [0.15, 0.2) is 0 Å². The zero-order chi connectivity index (χ0) is 16.8. The molecular weight excluding hydrogens is 294 g/mol. The number of carbonyl (C=O) groups is 2. The topological polar surface area (TPSA) is 81.7 Å². The van der Waals surface area contributed by atoms with E-state index in [-0.39, 0.29) is 24.6 Å². The Kier molecular flexibility index (Phi) is 5.98. The van der Waals surface area contributed by atoms with Gasteiger partial charge in [0.1, 0.15) is 0 Å². The third kappa shape index (κ3) is 4.96. The highest BCUT2D eigenvalue weighted by Crippen LogP contribution is 2.24. The number of nitrogens with one attached hydrogen (secondary N) is 2. The van der Waals surface area contributed by atoms with Gasteiger partial charge in [0, 0.05) is 24.3 Å². The Morgan fingerprint density at radius 2 is 2.17 bits per heavy atom. The van der Waals surface area contributed by atoms with Crippen LogP contribution in [0.2, 0.25) is 0 Å². The van der Waals surface area contributed by atoms with Crippen molar-refractivity contribution in [3.05, 3.63) is 24.3 Å². The summed E-state index contributed by atoms with van der Waals surface area (Å²) in [4.78, 5) is 25.6. The minimum absolute atomic E-state index is 0.0894. The lowest BCUT2D eigenvalue weighted by molar-refractivity contribution is -0.117. The minimum atomic E-state index is -0.352. The van der Waals surface area contributed by atoms with Crippen LogP contribution >= 0.6 is 0 Å². The second-order valence-electron chi connectivity index (χ2n) is 6.31. The van der Waals surface area contributed by atoms with E-state index in [1.165, 1.54) is 0 Å². The molecule has 6 nitrogen and oxygen atoms in total. The average Bonchev–Trinajstić information content (AvgIpc) is 2.92. The first-order valence-electron chi connectivity index (χ1n) is 8.08. The lowest BCUT2D eigenvalue weighted by Gasteiger charge is -2.19. The van der Waals surface area contributed by atoms with Gasteiger partial charge in [-0.25, -0.2) is 4.79 Å². The highest BCUT2D eigenvalue weighted by atomic mass is 16.3. The molecule has 1 unspecified atom stereocenters. The minimum Gasteiger partial charge on any atom is -0.394 e. The second-order valence-corrected chi connectivity index (χ2v) is 6.31. The highest BCUT2D eigenvalue weighted by Gasteiger charge is 2.22. The van der Waals surface area contributed by atoms with Crippen molar-refractivity contribution in [2.24, 2.45) is 5.92 Å². The van der Waals surface area contributed by atoms with Crippen molar-refractivity contribution in [3.8, 4) is 0 Å². The van der Waals surface area contributed by atoms with Crippen LogP contribution in [0.15, 0.2) is 24.3 Å². The number of urea groups is 1. The number of aliphatic hydroxyl groups is 1. The Morgan fingerprint density at radius 3 is 2.78 bits per heavy atom. The molecule has 0 aliphatic carbocycles. The Labute approximate surface area is 136 Å². The number of rotatable bonds is 6. The summed E-state index contributed by atoms with van der Waals surface area (Å²) in [5.41, 5.74) is 1.42. The number of hydrogen-bond donors (Lipinski definition) is 3. The zero-order valence-corrected chi connectivity index (χ0v) is 13.7. The molecule has 126 valence electrons. The highest BCUT2D eigenvalue weighted by molar-refractivity contribution is 5.96. The predicted molar refractivity (Wildman–Crippen MR) is 90.5 cm³/mol. The van der Waals surface area contributed by atoms with Gasteiger partial charge in [-0.3, -0.25) is 4.79 Å². The molecule has 1 aliphatic heterocycles. The molecule has 0 saturated carbocycles. The van der Waals surface area contributed by atoms with Crippen LogP contribution in [-0.2, 0) is 4.79 Å². The molecule has 23 heavy (non-hydrogen) atoms. The summed E-state index contributed by atoms with van der Waals surface area (Å²) >= 11 is 0. The second kappa shape index (κ2) is 7.97. The van der Waals surface area contributed by atoms with E-state index >= 15 is 0 Å². The molecule has 1 heterocycles. The number of anilines is 2. The van der Waals surface area contributed by atoms with Crippen LogP contribution in [0.4, 0.5) is 16.2 Å². The van der Waals surface area contributed by atoms with Crippen LogP contribution in [0, 0.1) is 5.92 Å². The van der Waals surface area contributed by atoms with Gasteiger partial charge in [0.05, 0.1) is 12.6 Å². The third-order valence-electron chi connectivity index (χ3n) is 3.80. The molecule has 0 spiro atoms. The molecule has 1 aromatic carbocycles. The maximum Gasteiger partial charge on any atom is 0.319 e. The molecule has 3 N–H and O–H groups in total. The van der Waals surface area contributed by atoms with Crippen molar-refractivity contribution >= 4 is 23.3 Å². The average molecular weight is 319 g/mol. The van der Waals surface area contributed by atoms with E-state index in [9.17, 15) is 14.7 Å². The molecule has 1 aliphatic rings. The molecule has 0 aromatic heterocycles. The van der Waals surface area contributed by atoms with Gasteiger partial charge < -0.3 is 20.6 Å². The summed E-state index contributed by atoms with van der Waals surface area (Å²) in [6.45, 7) is 4.71. The van der Waals surface area contributed by atoms with Gasteiger partial charge in [-0.2, -0.15) is 0 Å². The maximum absolute atomic E-state index is 12.0. The fourth-order valence-electron chi connectivity index (χ4n) is 2.77. The fourth-order valence-corrected chi connectivity index (χ4v) is 2.77. The van der Waals surface area contributed by atoms with E-state index in [1.807, 2.05) is 26.0 Å². The van der Waals surface area contributed by atoms with Crippen LogP contribution in [0.5, 0.6) is 0 Å². The van der Waals surface area contributed by atoms with Crippen LogP contribution in [0.1, 0.15) is 33.1 Å². The Morgan fingerprint density at radius 1 is 1.39 bits per heavy atom. The lowest BCUT2D eigenvalue weighted by atomic mass is 10.0. The molecule has 3 amide bonds. The maximum atomic E-state index is 12.0. The first-order valence-corrected chi connectivity index (χ1v) is 8.08. The fraction of sp³-hybridized carbons (Fsp3) is 0.529. The molecule has 1 aromatic rings. The lowest BCUT2D eigenvalue weighted by Crippen LogP contribution is -2.41. The standard InChI is InChI=1S/C17H25N3O3/c1-12(2)9-14(11-21)19-17(23)18-13-5-3-6-15(10-13)20-8-4-7-16(20)22/h3,5-6,10,12,14,21H,4,7-9,11H2,1-2H3,(H2,18,19,23). The summed E-state index contributed by atoms with van der Waals surface area (Å²) in [6, 6.07) is 6.63. The zero-order valence-electron chi connectivity index (χ0n) is 13.7. The van der Waals surface area contributed by atoms with Gasteiger partial charge >= 0.3 is 6.03 Å². The smallest absolute Gasteiger partial charge is 0.319 e. The van der Waals surface area contributed by atoms with Crippen LogP contribution in [-0.4, -0.2) is 36.2 Å². The summed E-state index contributed by atoms with van der Waals surface area (Å²) < 4.78 is 0. The van der Waals surface area contributed by atoms with Crippen molar-refractivity contribution in [1.29, 1.82) is 0 Å². The third-order valence-corrected chi connectivity index (χ3v) is 3.80. The van der Waals surface area contributed by atoms with Crippen molar-refractivity contribution in [1.82, 2.24) is 5.32 Å². The summed E-state index contributed by atoms with van der Waals surface area (Å²) in [5, 5.41) is 14.8. The Bertz CT molecular complexity index is 560. The van der Waals surface area contributed by atoms with Crippen molar-refractivity contribution in [2.45, 2.75) is 39.2 Å². The summed E-state index contributed by atoms with van der Waals surface area (Å²) in [5.74, 6) is 0.501. The molecule has 1 atom stereocenters. The van der Waals surface area contributed by atoms with E-state index < -0.39 is 0 Å². The predicted octanol–water partition coefficient (Wildman–Crippen LogP) is 2.34. The Hall–Kier alpha value is -2.08. The molecule has 0 bridgehead atoms. The first-order chi connectivity index (χ1) is 11.0. The van der Waals surface area contributed by atoms with Gasteiger partial charge in [-0.1, -0.05) is 19.9 Å². The van der Waals surface area contributed by atoms with E-state index in [0.29, 0.717) is 24.4 Å². The first kappa shape index (κ1) is 17.3. The molecule has 0 radical (unpaired) electrons. The summed E-state index contributed by atoms with van der Waals surface area (Å²) in [6.07, 6.45) is 2.15. The molecule has 2 rings (SSSR count). The van der Waals surface area contributed by atoms with Gasteiger partial charge in [-0.05, 0) is 37.0 Å². The van der Waals surface area contributed by atoms with E-state index in [2.05, 4.69) is 10.6 Å². The summed E-state index contributed by atoms with van der Waals surface area (Å²) in [7, 11) is 0. The van der Waals surface area contributed by atoms with Crippen LogP contribution in [0.3, 0.4) is 0 Å². The van der Waals surface area contributed by atoms with Crippen LogP contribution in [0.25, 0.3) is 0 Å². The number of hydrogen-bond acceptors (Lipinski definition) is 3.